The van der Waals surface area contributed by atoms with Gasteiger partial charge in [0.2, 0.25) is 5.78 Å². The van der Waals surface area contributed by atoms with Crippen molar-refractivity contribution in [1.29, 1.82) is 0 Å². The van der Waals surface area contributed by atoms with Crippen molar-refractivity contribution in [1.82, 2.24) is 0 Å². The van der Waals surface area contributed by atoms with Gasteiger partial charge in [0.1, 0.15) is 0 Å². The summed E-state index contributed by atoms with van der Waals surface area (Å²) in [4.78, 5) is 25.5. The summed E-state index contributed by atoms with van der Waals surface area (Å²) >= 11 is 10.6. The molecule has 0 amide bonds. The summed E-state index contributed by atoms with van der Waals surface area (Å²) in [5, 5.41) is 0.638. The lowest BCUT2D eigenvalue weighted by atomic mass is 9.79. The highest BCUT2D eigenvalue weighted by Crippen LogP contribution is 2.42. The number of halogens is 2. The molecule has 1 aromatic carbocycles. The number of carbonyl (C=O) groups is 2. The van der Waals surface area contributed by atoms with Crippen molar-refractivity contribution in [3.63, 3.8) is 0 Å². The van der Waals surface area contributed by atoms with Gasteiger partial charge in [0.05, 0.1) is 14.1 Å². The third-order valence-corrected chi connectivity index (χ3v) is 6.34. The molecule has 0 spiro atoms. The van der Waals surface area contributed by atoms with Gasteiger partial charge in [-0.25, -0.2) is 0 Å². The van der Waals surface area contributed by atoms with Crippen LogP contribution in [0.4, 0.5) is 0 Å². The Balaban J connectivity index is 1.73. The van der Waals surface area contributed by atoms with E-state index in [9.17, 15) is 9.59 Å². The largest absolute Gasteiger partial charge is 0.457 e. The number of ether oxygens (including phenoxy) is 1. The van der Waals surface area contributed by atoms with Crippen LogP contribution in [-0.4, -0.2) is 18.4 Å². The van der Waals surface area contributed by atoms with Crippen LogP contribution < -0.4 is 0 Å². The molecule has 6 heteroatoms. The molecule has 1 saturated carbocycles. The van der Waals surface area contributed by atoms with Crippen molar-refractivity contribution < 1.29 is 14.3 Å². The maximum atomic E-state index is 12.8. The quantitative estimate of drug-likeness (QED) is 0.474. The van der Waals surface area contributed by atoms with Gasteiger partial charge in [-0.05, 0) is 58.6 Å². The minimum Gasteiger partial charge on any atom is -0.457 e. The van der Waals surface area contributed by atoms with E-state index >= 15 is 0 Å². The van der Waals surface area contributed by atoms with Gasteiger partial charge in [-0.1, -0.05) is 36.6 Å². The summed E-state index contributed by atoms with van der Waals surface area (Å²) in [6, 6.07) is 10.9. The van der Waals surface area contributed by atoms with Gasteiger partial charge in [0.25, 0.3) is 0 Å². The molecule has 0 saturated heterocycles. The Labute approximate surface area is 158 Å². The second-order valence-electron chi connectivity index (χ2n) is 5.90. The lowest BCUT2D eigenvalue weighted by molar-refractivity contribution is -0.149. The second-order valence-corrected chi connectivity index (χ2v) is 8.80. The van der Waals surface area contributed by atoms with Crippen LogP contribution in [0, 0.1) is 0 Å². The van der Waals surface area contributed by atoms with Crippen LogP contribution in [0.25, 0.3) is 0 Å². The minimum atomic E-state index is -0.652. The number of hydrogen-bond acceptors (Lipinski definition) is 4. The first-order valence-electron chi connectivity index (χ1n) is 7.73. The molecular formula is C18H16BrClO3S. The molecule has 1 heterocycles. The molecule has 0 unspecified atom stereocenters. The standard InChI is InChI=1S/C18H16BrClO3S/c19-16-8-7-15(24-16)14(21)11-23-17(22)18(9-1-2-10-18)12-3-5-13(20)6-4-12/h3-8H,1-2,9-11H2. The van der Waals surface area contributed by atoms with E-state index < -0.39 is 5.41 Å². The van der Waals surface area contributed by atoms with E-state index in [4.69, 9.17) is 16.3 Å². The number of ketones is 1. The van der Waals surface area contributed by atoms with Crippen LogP contribution in [0.15, 0.2) is 40.2 Å². The van der Waals surface area contributed by atoms with Crippen molar-refractivity contribution in [2.75, 3.05) is 6.61 Å². The van der Waals surface area contributed by atoms with E-state index in [1.165, 1.54) is 11.3 Å². The smallest absolute Gasteiger partial charge is 0.317 e. The van der Waals surface area contributed by atoms with E-state index in [1.807, 2.05) is 18.2 Å². The van der Waals surface area contributed by atoms with Crippen LogP contribution in [0.3, 0.4) is 0 Å². The molecule has 2 aromatic rings. The highest BCUT2D eigenvalue weighted by atomic mass is 79.9. The van der Waals surface area contributed by atoms with Crippen molar-refractivity contribution in [2.45, 2.75) is 31.1 Å². The molecule has 24 heavy (non-hydrogen) atoms. The SMILES string of the molecule is O=C(COC(=O)C1(c2ccc(Cl)cc2)CCCC1)c1ccc(Br)s1. The van der Waals surface area contributed by atoms with E-state index in [0.717, 1.165) is 35.0 Å². The average Bonchev–Trinajstić information content (AvgIpc) is 3.23. The zero-order chi connectivity index (χ0) is 17.2. The van der Waals surface area contributed by atoms with Crippen molar-refractivity contribution in [3.05, 3.63) is 55.6 Å². The fourth-order valence-electron chi connectivity index (χ4n) is 3.16. The molecule has 1 aromatic heterocycles. The third-order valence-electron chi connectivity index (χ3n) is 4.43. The fourth-order valence-corrected chi connectivity index (χ4v) is 4.60. The lowest BCUT2D eigenvalue weighted by Gasteiger charge is -2.27. The molecule has 0 radical (unpaired) electrons. The summed E-state index contributed by atoms with van der Waals surface area (Å²) in [5.41, 5.74) is 0.265. The van der Waals surface area contributed by atoms with Crippen molar-refractivity contribution in [3.8, 4) is 0 Å². The molecule has 0 aliphatic heterocycles. The first-order chi connectivity index (χ1) is 11.5. The average molecular weight is 428 g/mol. The van der Waals surface area contributed by atoms with Gasteiger partial charge >= 0.3 is 5.97 Å². The summed E-state index contributed by atoms with van der Waals surface area (Å²) in [6.45, 7) is -0.221. The van der Waals surface area contributed by atoms with Gasteiger partial charge in [-0.15, -0.1) is 11.3 Å². The van der Waals surface area contributed by atoms with Crippen molar-refractivity contribution >= 4 is 50.6 Å². The van der Waals surface area contributed by atoms with E-state index in [-0.39, 0.29) is 18.4 Å². The predicted molar refractivity (Wildman–Crippen MR) is 98.9 cm³/mol. The zero-order valence-corrected chi connectivity index (χ0v) is 16.0. The van der Waals surface area contributed by atoms with E-state index in [1.54, 1.807) is 18.2 Å². The summed E-state index contributed by atoms with van der Waals surface area (Å²) in [6.07, 6.45) is 3.44. The van der Waals surface area contributed by atoms with Crippen LogP contribution >= 0.6 is 38.9 Å². The number of benzene rings is 1. The number of thiophene rings is 1. The van der Waals surface area contributed by atoms with Crippen LogP contribution in [-0.2, 0) is 14.9 Å². The number of rotatable bonds is 5. The number of Topliss-reactive ketones (excluding diaryl/α,β-unsaturated/α-hetero) is 1. The molecular weight excluding hydrogens is 412 g/mol. The molecule has 1 aliphatic rings. The highest BCUT2D eigenvalue weighted by molar-refractivity contribution is 9.11. The van der Waals surface area contributed by atoms with Gasteiger partial charge in [-0.3, -0.25) is 9.59 Å². The Morgan fingerprint density at radius 2 is 1.79 bits per heavy atom. The van der Waals surface area contributed by atoms with E-state index in [0.29, 0.717) is 9.90 Å². The summed E-state index contributed by atoms with van der Waals surface area (Å²) in [7, 11) is 0. The summed E-state index contributed by atoms with van der Waals surface area (Å²) in [5.74, 6) is -0.491. The topological polar surface area (TPSA) is 43.4 Å². The monoisotopic (exact) mass is 426 g/mol. The molecule has 126 valence electrons. The highest BCUT2D eigenvalue weighted by Gasteiger charge is 2.44. The normalized spacial score (nSPS) is 16.1. The first kappa shape index (κ1) is 17.6. The van der Waals surface area contributed by atoms with Crippen LogP contribution in [0.1, 0.15) is 40.9 Å². The Kier molecular flexibility index (Phi) is 5.42. The molecule has 0 atom stereocenters. The van der Waals surface area contributed by atoms with Crippen molar-refractivity contribution in [2.24, 2.45) is 0 Å². The molecule has 3 nitrogen and oxygen atoms in total. The van der Waals surface area contributed by atoms with E-state index in [2.05, 4.69) is 15.9 Å². The Hall–Kier alpha value is -1.17. The maximum Gasteiger partial charge on any atom is 0.317 e. The fraction of sp³-hybridized carbons (Fsp3) is 0.333. The maximum absolute atomic E-state index is 12.8. The van der Waals surface area contributed by atoms with Gasteiger partial charge in [0.15, 0.2) is 6.61 Å². The van der Waals surface area contributed by atoms with Crippen LogP contribution in [0.2, 0.25) is 5.02 Å². The third kappa shape index (κ3) is 3.58. The number of hydrogen-bond donors (Lipinski definition) is 0. The van der Waals surface area contributed by atoms with Gasteiger partial charge in [0, 0.05) is 5.02 Å². The first-order valence-corrected chi connectivity index (χ1v) is 9.72. The molecule has 0 bridgehead atoms. The molecule has 0 N–H and O–H groups in total. The molecule has 1 aliphatic carbocycles. The molecule has 1 fully saturated rings. The predicted octanol–water partition coefficient (Wildman–Crippen LogP) is 5.40. The zero-order valence-electron chi connectivity index (χ0n) is 12.9. The Bertz CT molecular complexity index is 748. The second kappa shape index (κ2) is 7.38. The Morgan fingerprint density at radius 1 is 1.12 bits per heavy atom. The van der Waals surface area contributed by atoms with Gasteiger partial charge < -0.3 is 4.74 Å². The van der Waals surface area contributed by atoms with Gasteiger partial charge in [-0.2, -0.15) is 0 Å². The summed E-state index contributed by atoms with van der Waals surface area (Å²) < 4.78 is 6.29. The lowest BCUT2D eigenvalue weighted by Crippen LogP contribution is -2.35. The Morgan fingerprint density at radius 3 is 2.38 bits per heavy atom. The molecule has 3 rings (SSSR count). The van der Waals surface area contributed by atoms with Crippen LogP contribution in [0.5, 0.6) is 0 Å². The minimum absolute atomic E-state index is 0.177. The number of carbonyl (C=O) groups excluding carboxylic acids is 2. The number of esters is 1.